The summed E-state index contributed by atoms with van der Waals surface area (Å²) in [4.78, 5) is 4.24. The molecule has 0 bridgehead atoms. The molecular formula is C9H12N4. The van der Waals surface area contributed by atoms with E-state index < -0.39 is 0 Å². The minimum absolute atomic E-state index is 0.517. The van der Waals surface area contributed by atoms with E-state index in [1.165, 1.54) is 0 Å². The average molecular weight is 176 g/mol. The van der Waals surface area contributed by atoms with Gasteiger partial charge < -0.3 is 16.0 Å². The number of anilines is 2. The molecule has 0 saturated carbocycles. The van der Waals surface area contributed by atoms with Crippen molar-refractivity contribution in [3.8, 4) is 0 Å². The first-order valence-corrected chi connectivity index (χ1v) is 4.07. The molecule has 68 valence electrons. The standard InChI is InChI=1S/C9H12N4/c1-5-3-6(10)4-7-8(5)12-9(11)13(7)2/h3-4H,10H2,1-2H3,(H2,11,12). The van der Waals surface area contributed by atoms with Crippen molar-refractivity contribution < 1.29 is 0 Å². The maximum Gasteiger partial charge on any atom is 0.200 e. The molecule has 2 aromatic rings. The topological polar surface area (TPSA) is 69.9 Å². The summed E-state index contributed by atoms with van der Waals surface area (Å²) in [6.07, 6.45) is 0. The first-order chi connectivity index (χ1) is 6.09. The lowest BCUT2D eigenvalue weighted by atomic mass is 10.2. The summed E-state index contributed by atoms with van der Waals surface area (Å²) in [5.74, 6) is 0.517. The quantitative estimate of drug-likeness (QED) is 0.589. The van der Waals surface area contributed by atoms with Crippen LogP contribution in [0.25, 0.3) is 11.0 Å². The summed E-state index contributed by atoms with van der Waals surface area (Å²) in [6, 6.07) is 3.78. The molecule has 13 heavy (non-hydrogen) atoms. The summed E-state index contributed by atoms with van der Waals surface area (Å²) in [7, 11) is 1.88. The molecule has 1 aromatic heterocycles. The second kappa shape index (κ2) is 2.39. The molecular weight excluding hydrogens is 164 g/mol. The third kappa shape index (κ3) is 1.02. The number of rotatable bonds is 0. The molecule has 0 aliphatic heterocycles. The highest BCUT2D eigenvalue weighted by Gasteiger charge is 2.07. The van der Waals surface area contributed by atoms with Crippen LogP contribution in [0.3, 0.4) is 0 Å². The predicted molar refractivity (Wildman–Crippen MR) is 54.3 cm³/mol. The minimum Gasteiger partial charge on any atom is -0.399 e. The van der Waals surface area contributed by atoms with Crippen LogP contribution in [0.4, 0.5) is 11.6 Å². The van der Waals surface area contributed by atoms with Crippen LogP contribution in [0, 0.1) is 6.92 Å². The molecule has 0 atom stereocenters. The number of aromatic nitrogens is 2. The van der Waals surface area contributed by atoms with Crippen molar-refractivity contribution in [3.63, 3.8) is 0 Å². The number of nitrogens with zero attached hydrogens (tertiary/aromatic N) is 2. The first kappa shape index (κ1) is 7.91. The number of hydrogen-bond acceptors (Lipinski definition) is 3. The maximum absolute atomic E-state index is 5.72. The number of imidazole rings is 1. The molecule has 0 spiro atoms. The summed E-state index contributed by atoms with van der Waals surface area (Å²) >= 11 is 0. The molecule has 1 heterocycles. The molecule has 2 rings (SSSR count). The van der Waals surface area contributed by atoms with Gasteiger partial charge in [-0.3, -0.25) is 0 Å². The fourth-order valence-corrected chi connectivity index (χ4v) is 1.50. The lowest BCUT2D eigenvalue weighted by Gasteiger charge is -1.99. The molecule has 0 aliphatic carbocycles. The van der Waals surface area contributed by atoms with Gasteiger partial charge in [0.15, 0.2) is 0 Å². The Bertz CT molecular complexity index is 470. The van der Waals surface area contributed by atoms with Crippen molar-refractivity contribution in [2.24, 2.45) is 7.05 Å². The van der Waals surface area contributed by atoms with E-state index >= 15 is 0 Å². The lowest BCUT2D eigenvalue weighted by Crippen LogP contribution is -1.96. The molecule has 0 saturated heterocycles. The highest BCUT2D eigenvalue weighted by molar-refractivity contribution is 5.84. The number of nitrogens with two attached hydrogens (primary N) is 2. The molecule has 0 unspecified atom stereocenters. The van der Waals surface area contributed by atoms with E-state index in [0.29, 0.717) is 5.95 Å². The molecule has 0 amide bonds. The Morgan fingerprint density at radius 2 is 2.00 bits per heavy atom. The third-order valence-electron chi connectivity index (χ3n) is 2.23. The van der Waals surface area contributed by atoms with Crippen LogP contribution in [-0.2, 0) is 7.05 Å². The van der Waals surface area contributed by atoms with Gasteiger partial charge in [-0.2, -0.15) is 0 Å². The minimum atomic E-state index is 0.517. The molecule has 0 fully saturated rings. The van der Waals surface area contributed by atoms with Crippen molar-refractivity contribution in [2.75, 3.05) is 11.5 Å². The van der Waals surface area contributed by atoms with E-state index in [-0.39, 0.29) is 0 Å². The van der Waals surface area contributed by atoms with Crippen LogP contribution in [0.15, 0.2) is 12.1 Å². The normalized spacial score (nSPS) is 10.9. The second-order valence-electron chi connectivity index (χ2n) is 3.23. The molecule has 4 N–H and O–H groups in total. The number of aryl methyl sites for hydroxylation is 2. The highest BCUT2D eigenvalue weighted by atomic mass is 15.1. The Hall–Kier alpha value is -1.71. The zero-order chi connectivity index (χ0) is 9.59. The van der Waals surface area contributed by atoms with E-state index in [2.05, 4.69) is 4.98 Å². The number of benzene rings is 1. The number of fused-ring (bicyclic) bond motifs is 1. The zero-order valence-electron chi connectivity index (χ0n) is 7.70. The Morgan fingerprint density at radius 1 is 1.31 bits per heavy atom. The van der Waals surface area contributed by atoms with E-state index in [1.807, 2.05) is 30.7 Å². The van der Waals surface area contributed by atoms with Crippen LogP contribution in [-0.4, -0.2) is 9.55 Å². The summed E-state index contributed by atoms with van der Waals surface area (Å²) in [5, 5.41) is 0. The maximum atomic E-state index is 5.72. The largest absolute Gasteiger partial charge is 0.399 e. The second-order valence-corrected chi connectivity index (χ2v) is 3.23. The average Bonchev–Trinajstić information content (AvgIpc) is 2.32. The van der Waals surface area contributed by atoms with Crippen molar-refractivity contribution in [1.29, 1.82) is 0 Å². The van der Waals surface area contributed by atoms with Gasteiger partial charge in [-0.15, -0.1) is 0 Å². The van der Waals surface area contributed by atoms with Crippen LogP contribution in [0.2, 0.25) is 0 Å². The number of hydrogen-bond donors (Lipinski definition) is 2. The molecule has 4 heteroatoms. The van der Waals surface area contributed by atoms with Gasteiger partial charge in [0.25, 0.3) is 0 Å². The monoisotopic (exact) mass is 176 g/mol. The first-order valence-electron chi connectivity index (χ1n) is 4.07. The lowest BCUT2D eigenvalue weighted by molar-refractivity contribution is 0.965. The van der Waals surface area contributed by atoms with E-state index in [0.717, 1.165) is 22.3 Å². The van der Waals surface area contributed by atoms with E-state index in [4.69, 9.17) is 11.5 Å². The fourth-order valence-electron chi connectivity index (χ4n) is 1.50. The SMILES string of the molecule is Cc1cc(N)cc2c1nc(N)n2C. The summed E-state index contributed by atoms with van der Waals surface area (Å²) in [5.41, 5.74) is 15.1. The molecule has 1 aromatic carbocycles. The zero-order valence-corrected chi connectivity index (χ0v) is 7.70. The molecule has 4 nitrogen and oxygen atoms in total. The van der Waals surface area contributed by atoms with Gasteiger partial charge >= 0.3 is 0 Å². The van der Waals surface area contributed by atoms with Crippen molar-refractivity contribution in [3.05, 3.63) is 17.7 Å². The van der Waals surface area contributed by atoms with Crippen LogP contribution in [0.1, 0.15) is 5.56 Å². The van der Waals surface area contributed by atoms with Gasteiger partial charge in [0, 0.05) is 12.7 Å². The number of nitrogen functional groups attached to an aromatic ring is 2. The summed E-state index contributed by atoms with van der Waals surface area (Å²) in [6.45, 7) is 1.98. The van der Waals surface area contributed by atoms with Crippen molar-refractivity contribution >= 4 is 22.7 Å². The van der Waals surface area contributed by atoms with Crippen LogP contribution < -0.4 is 11.5 Å². The van der Waals surface area contributed by atoms with Crippen molar-refractivity contribution in [2.45, 2.75) is 6.92 Å². The Kier molecular flexibility index (Phi) is 1.45. The Labute approximate surface area is 76.2 Å². The summed E-state index contributed by atoms with van der Waals surface area (Å²) < 4.78 is 1.83. The van der Waals surface area contributed by atoms with Gasteiger partial charge in [-0.05, 0) is 24.6 Å². The van der Waals surface area contributed by atoms with Gasteiger partial charge in [0.2, 0.25) is 5.95 Å². The highest BCUT2D eigenvalue weighted by Crippen LogP contribution is 2.22. The third-order valence-corrected chi connectivity index (χ3v) is 2.23. The molecule has 0 aliphatic rings. The van der Waals surface area contributed by atoms with E-state index in [1.54, 1.807) is 0 Å². The van der Waals surface area contributed by atoms with Crippen molar-refractivity contribution in [1.82, 2.24) is 9.55 Å². The van der Waals surface area contributed by atoms with Gasteiger partial charge in [-0.1, -0.05) is 0 Å². The van der Waals surface area contributed by atoms with Gasteiger partial charge in [0.1, 0.15) is 0 Å². The van der Waals surface area contributed by atoms with Crippen LogP contribution in [0.5, 0.6) is 0 Å². The van der Waals surface area contributed by atoms with Crippen LogP contribution >= 0.6 is 0 Å². The Morgan fingerprint density at radius 3 is 2.69 bits per heavy atom. The predicted octanol–water partition coefficient (Wildman–Crippen LogP) is 1.05. The molecule has 0 radical (unpaired) electrons. The van der Waals surface area contributed by atoms with E-state index in [9.17, 15) is 0 Å². The Balaban J connectivity index is 2.94. The van der Waals surface area contributed by atoms with Gasteiger partial charge in [-0.25, -0.2) is 4.98 Å². The fraction of sp³-hybridized carbons (Fsp3) is 0.222. The smallest absolute Gasteiger partial charge is 0.200 e. The van der Waals surface area contributed by atoms with Gasteiger partial charge in [0.05, 0.1) is 11.0 Å².